The summed E-state index contributed by atoms with van der Waals surface area (Å²) in [5.41, 5.74) is 4.21. The number of benzene rings is 2. The van der Waals surface area contributed by atoms with Gasteiger partial charge in [-0.3, -0.25) is 4.68 Å². The van der Waals surface area contributed by atoms with E-state index < -0.39 is 6.10 Å². The second-order valence-electron chi connectivity index (χ2n) is 7.34. The first-order valence-electron chi connectivity index (χ1n) is 9.89. The van der Waals surface area contributed by atoms with E-state index in [0.29, 0.717) is 6.54 Å². The van der Waals surface area contributed by atoms with Gasteiger partial charge in [-0.2, -0.15) is 5.10 Å². The van der Waals surface area contributed by atoms with Crippen LogP contribution in [0.4, 0.5) is 0 Å². The van der Waals surface area contributed by atoms with Gasteiger partial charge in [0.2, 0.25) is 0 Å². The minimum atomic E-state index is -0.422. The summed E-state index contributed by atoms with van der Waals surface area (Å²) in [6.07, 6.45) is 3.36. The molecule has 1 aromatic heterocycles. The van der Waals surface area contributed by atoms with Crippen molar-refractivity contribution in [3.63, 3.8) is 0 Å². The molecule has 3 aromatic rings. The minimum Gasteiger partial charge on any atom is -0.390 e. The SMILES string of the molecule is OC(CN1CCCCC1)Cn1nc(-c2ccccc2)cc1-c1ccccc1. The molecule has 4 rings (SSSR count). The average molecular weight is 361 g/mol. The Labute approximate surface area is 161 Å². The third kappa shape index (κ3) is 4.46. The van der Waals surface area contributed by atoms with Crippen LogP contribution in [0.2, 0.25) is 0 Å². The monoisotopic (exact) mass is 361 g/mol. The standard InChI is InChI=1S/C23H27N3O/c27-21(17-25-14-8-3-9-15-25)18-26-23(20-12-6-2-7-13-20)16-22(24-26)19-10-4-1-5-11-19/h1-2,4-7,10-13,16,21,27H,3,8-9,14-15,17-18H2. The van der Waals surface area contributed by atoms with Crippen LogP contribution in [-0.4, -0.2) is 45.5 Å². The van der Waals surface area contributed by atoms with E-state index >= 15 is 0 Å². The summed E-state index contributed by atoms with van der Waals surface area (Å²) in [5.74, 6) is 0. The van der Waals surface area contributed by atoms with Crippen LogP contribution in [0.25, 0.3) is 22.5 Å². The molecule has 1 N–H and O–H groups in total. The molecule has 4 nitrogen and oxygen atoms in total. The smallest absolute Gasteiger partial charge is 0.0929 e. The lowest BCUT2D eigenvalue weighted by Gasteiger charge is -2.28. The van der Waals surface area contributed by atoms with Gasteiger partial charge in [0.05, 0.1) is 24.0 Å². The minimum absolute atomic E-state index is 0.422. The largest absolute Gasteiger partial charge is 0.390 e. The van der Waals surface area contributed by atoms with Crippen LogP contribution in [0.1, 0.15) is 19.3 Å². The van der Waals surface area contributed by atoms with E-state index in [0.717, 1.165) is 42.1 Å². The summed E-state index contributed by atoms with van der Waals surface area (Å²) in [4.78, 5) is 2.37. The maximum Gasteiger partial charge on any atom is 0.0929 e. The van der Waals surface area contributed by atoms with Gasteiger partial charge in [0.25, 0.3) is 0 Å². The Morgan fingerprint density at radius 3 is 2.11 bits per heavy atom. The van der Waals surface area contributed by atoms with Crippen molar-refractivity contribution in [2.24, 2.45) is 0 Å². The molecule has 2 heterocycles. The van der Waals surface area contributed by atoms with E-state index in [1.807, 2.05) is 41.1 Å². The molecule has 0 bridgehead atoms. The Kier molecular flexibility index (Phi) is 5.66. The van der Waals surface area contributed by atoms with E-state index in [-0.39, 0.29) is 0 Å². The predicted molar refractivity (Wildman–Crippen MR) is 109 cm³/mol. The first kappa shape index (κ1) is 18.0. The highest BCUT2D eigenvalue weighted by Gasteiger charge is 2.18. The van der Waals surface area contributed by atoms with Crippen LogP contribution in [0.5, 0.6) is 0 Å². The van der Waals surface area contributed by atoms with Gasteiger partial charge < -0.3 is 10.0 Å². The van der Waals surface area contributed by atoms with E-state index in [1.165, 1.54) is 19.3 Å². The Balaban J connectivity index is 1.59. The van der Waals surface area contributed by atoms with Gasteiger partial charge in [0, 0.05) is 12.1 Å². The number of aromatic nitrogens is 2. The number of hydrogen-bond acceptors (Lipinski definition) is 3. The van der Waals surface area contributed by atoms with Crippen molar-refractivity contribution in [3.8, 4) is 22.5 Å². The van der Waals surface area contributed by atoms with Crippen molar-refractivity contribution in [3.05, 3.63) is 66.7 Å². The molecule has 1 fully saturated rings. The van der Waals surface area contributed by atoms with Gasteiger partial charge >= 0.3 is 0 Å². The van der Waals surface area contributed by atoms with Crippen LogP contribution in [0.3, 0.4) is 0 Å². The second-order valence-corrected chi connectivity index (χ2v) is 7.34. The predicted octanol–water partition coefficient (Wildman–Crippen LogP) is 4.06. The van der Waals surface area contributed by atoms with Gasteiger partial charge in [-0.05, 0) is 37.6 Å². The van der Waals surface area contributed by atoms with Crippen LogP contribution in [0.15, 0.2) is 66.7 Å². The third-order valence-corrected chi connectivity index (χ3v) is 5.22. The van der Waals surface area contributed by atoms with E-state index in [2.05, 4.69) is 35.2 Å². The number of hydrogen-bond donors (Lipinski definition) is 1. The summed E-state index contributed by atoms with van der Waals surface area (Å²) in [7, 11) is 0. The first-order valence-corrected chi connectivity index (χ1v) is 9.89. The Morgan fingerprint density at radius 2 is 1.44 bits per heavy atom. The van der Waals surface area contributed by atoms with Gasteiger partial charge in [-0.25, -0.2) is 0 Å². The Hall–Kier alpha value is -2.43. The molecule has 140 valence electrons. The summed E-state index contributed by atoms with van der Waals surface area (Å²) in [6, 6.07) is 22.6. The summed E-state index contributed by atoms with van der Waals surface area (Å²) < 4.78 is 1.96. The van der Waals surface area contributed by atoms with Crippen molar-refractivity contribution in [2.75, 3.05) is 19.6 Å². The first-order chi connectivity index (χ1) is 13.3. The summed E-state index contributed by atoms with van der Waals surface area (Å²) in [6.45, 7) is 3.41. The number of likely N-dealkylation sites (tertiary alicyclic amines) is 1. The summed E-state index contributed by atoms with van der Waals surface area (Å²) >= 11 is 0. The lowest BCUT2D eigenvalue weighted by atomic mass is 10.1. The molecule has 27 heavy (non-hydrogen) atoms. The van der Waals surface area contributed by atoms with Crippen LogP contribution in [-0.2, 0) is 6.54 Å². The molecule has 4 heteroatoms. The topological polar surface area (TPSA) is 41.3 Å². The second kappa shape index (κ2) is 8.51. The fourth-order valence-electron chi connectivity index (χ4n) is 3.84. The van der Waals surface area contributed by atoms with E-state index in [9.17, 15) is 5.11 Å². The summed E-state index contributed by atoms with van der Waals surface area (Å²) in [5, 5.41) is 15.5. The fraction of sp³-hybridized carbons (Fsp3) is 0.348. The molecule has 0 saturated carbocycles. The zero-order valence-electron chi connectivity index (χ0n) is 15.7. The molecule has 1 aliphatic heterocycles. The number of piperidine rings is 1. The molecule has 0 amide bonds. The number of rotatable bonds is 6. The van der Waals surface area contributed by atoms with Crippen LogP contribution >= 0.6 is 0 Å². The van der Waals surface area contributed by atoms with Crippen molar-refractivity contribution in [2.45, 2.75) is 31.9 Å². The highest BCUT2D eigenvalue weighted by atomic mass is 16.3. The lowest BCUT2D eigenvalue weighted by Crippen LogP contribution is -2.38. The van der Waals surface area contributed by atoms with Crippen LogP contribution in [0, 0.1) is 0 Å². The zero-order chi connectivity index (χ0) is 18.5. The molecule has 0 spiro atoms. The molecule has 2 aromatic carbocycles. The van der Waals surface area contributed by atoms with Crippen molar-refractivity contribution in [1.82, 2.24) is 14.7 Å². The number of aliphatic hydroxyl groups is 1. The molecule has 0 radical (unpaired) electrons. The maximum atomic E-state index is 10.7. The van der Waals surface area contributed by atoms with E-state index in [4.69, 9.17) is 5.10 Å². The Bertz CT molecular complexity index is 839. The highest BCUT2D eigenvalue weighted by molar-refractivity contribution is 5.68. The molecule has 1 unspecified atom stereocenters. The van der Waals surface area contributed by atoms with Crippen molar-refractivity contribution >= 4 is 0 Å². The molecular formula is C23H27N3O. The molecular weight excluding hydrogens is 334 g/mol. The highest BCUT2D eigenvalue weighted by Crippen LogP contribution is 2.26. The fourth-order valence-corrected chi connectivity index (χ4v) is 3.84. The van der Waals surface area contributed by atoms with Crippen LogP contribution < -0.4 is 0 Å². The molecule has 1 saturated heterocycles. The Morgan fingerprint density at radius 1 is 0.815 bits per heavy atom. The molecule has 1 atom stereocenters. The van der Waals surface area contributed by atoms with Gasteiger partial charge in [-0.15, -0.1) is 0 Å². The van der Waals surface area contributed by atoms with Crippen molar-refractivity contribution in [1.29, 1.82) is 0 Å². The molecule has 0 aliphatic carbocycles. The van der Waals surface area contributed by atoms with Crippen molar-refractivity contribution < 1.29 is 5.11 Å². The van der Waals surface area contributed by atoms with Gasteiger partial charge in [0.1, 0.15) is 0 Å². The van der Waals surface area contributed by atoms with Gasteiger partial charge in [-0.1, -0.05) is 67.1 Å². The number of aliphatic hydroxyl groups excluding tert-OH is 1. The number of nitrogens with zero attached hydrogens (tertiary/aromatic N) is 3. The normalized spacial score (nSPS) is 16.3. The zero-order valence-corrected chi connectivity index (χ0v) is 15.7. The molecule has 1 aliphatic rings. The number of β-amino-alcohol motifs (C(OH)–C–C–N with tert-alkyl or cyclic N) is 1. The third-order valence-electron chi connectivity index (χ3n) is 5.22. The van der Waals surface area contributed by atoms with E-state index in [1.54, 1.807) is 0 Å². The average Bonchev–Trinajstić information content (AvgIpc) is 3.14. The van der Waals surface area contributed by atoms with Gasteiger partial charge in [0.15, 0.2) is 0 Å². The quantitative estimate of drug-likeness (QED) is 0.720. The lowest BCUT2D eigenvalue weighted by molar-refractivity contribution is 0.0860. The maximum absolute atomic E-state index is 10.7.